The lowest BCUT2D eigenvalue weighted by molar-refractivity contribution is 0.0702. The molecular weight excluding hydrogens is 284 g/mol. The van der Waals surface area contributed by atoms with Gasteiger partial charge < -0.3 is 10.0 Å². The fourth-order valence-corrected chi connectivity index (χ4v) is 3.16. The highest BCUT2D eigenvalue weighted by molar-refractivity contribution is 7.17. The number of carboxylic acids is 1. The molecule has 0 radical (unpaired) electrons. The first-order valence-electron chi connectivity index (χ1n) is 7.07. The van der Waals surface area contributed by atoms with Crippen molar-refractivity contribution in [3.63, 3.8) is 0 Å². The van der Waals surface area contributed by atoms with Crippen molar-refractivity contribution in [3.8, 4) is 11.3 Å². The summed E-state index contributed by atoms with van der Waals surface area (Å²) in [6.07, 6.45) is 0. The quantitative estimate of drug-likeness (QED) is 0.876. The Balaban J connectivity index is 2.44. The first-order chi connectivity index (χ1) is 10.0. The second-order valence-electron chi connectivity index (χ2n) is 5.28. The number of aromatic carboxylic acids is 1. The van der Waals surface area contributed by atoms with Gasteiger partial charge in [0.05, 0.1) is 5.69 Å². The van der Waals surface area contributed by atoms with Gasteiger partial charge in [-0.1, -0.05) is 55.5 Å². The van der Waals surface area contributed by atoms with Gasteiger partial charge in [-0.05, 0) is 12.8 Å². The van der Waals surface area contributed by atoms with E-state index in [0.717, 1.165) is 23.8 Å². The second-order valence-corrected chi connectivity index (χ2v) is 6.26. The molecule has 1 aromatic heterocycles. The largest absolute Gasteiger partial charge is 0.477 e. The topological polar surface area (TPSA) is 53.4 Å². The van der Waals surface area contributed by atoms with Crippen LogP contribution >= 0.6 is 11.3 Å². The molecule has 0 unspecified atom stereocenters. The minimum Gasteiger partial charge on any atom is -0.477 e. The third kappa shape index (κ3) is 3.61. The summed E-state index contributed by atoms with van der Waals surface area (Å²) in [5, 5.41) is 10.2. The van der Waals surface area contributed by atoms with Crippen LogP contribution in [0.25, 0.3) is 11.3 Å². The van der Waals surface area contributed by atoms with Gasteiger partial charge in [-0.15, -0.1) is 0 Å². The van der Waals surface area contributed by atoms with Crippen LogP contribution in [0.4, 0.5) is 5.13 Å². The van der Waals surface area contributed by atoms with E-state index in [0.29, 0.717) is 16.5 Å². The van der Waals surface area contributed by atoms with Gasteiger partial charge in [-0.2, -0.15) is 0 Å². The lowest BCUT2D eigenvalue weighted by Crippen LogP contribution is -2.26. The number of carbonyl (C=O) groups is 1. The fraction of sp³-hybridized carbons (Fsp3) is 0.375. The fourth-order valence-electron chi connectivity index (χ4n) is 2.16. The number of hydrogen-bond donors (Lipinski definition) is 1. The molecule has 0 amide bonds. The minimum atomic E-state index is -0.918. The summed E-state index contributed by atoms with van der Waals surface area (Å²) >= 11 is 1.25. The van der Waals surface area contributed by atoms with Gasteiger partial charge in [0.25, 0.3) is 0 Å². The van der Waals surface area contributed by atoms with E-state index in [1.165, 1.54) is 11.3 Å². The Morgan fingerprint density at radius 3 is 2.52 bits per heavy atom. The van der Waals surface area contributed by atoms with Crippen molar-refractivity contribution in [2.75, 3.05) is 18.0 Å². The van der Waals surface area contributed by atoms with E-state index in [1.807, 2.05) is 30.3 Å². The van der Waals surface area contributed by atoms with E-state index >= 15 is 0 Å². The van der Waals surface area contributed by atoms with Crippen LogP contribution in [-0.2, 0) is 0 Å². The van der Waals surface area contributed by atoms with Crippen LogP contribution in [0.2, 0.25) is 0 Å². The number of thiazole rings is 1. The van der Waals surface area contributed by atoms with Gasteiger partial charge in [-0.3, -0.25) is 0 Å². The first kappa shape index (κ1) is 15.5. The molecule has 0 bridgehead atoms. The number of nitrogens with zero attached hydrogens (tertiary/aromatic N) is 2. The van der Waals surface area contributed by atoms with Crippen LogP contribution in [0.3, 0.4) is 0 Å². The molecule has 0 aliphatic rings. The Hall–Kier alpha value is -1.88. The molecule has 0 aliphatic carbocycles. The molecule has 2 rings (SSSR count). The van der Waals surface area contributed by atoms with Gasteiger partial charge in [0.2, 0.25) is 0 Å². The lowest BCUT2D eigenvalue weighted by atomic mass is 10.1. The summed E-state index contributed by atoms with van der Waals surface area (Å²) in [5.41, 5.74) is 1.41. The monoisotopic (exact) mass is 304 g/mol. The predicted molar refractivity (Wildman–Crippen MR) is 87.2 cm³/mol. The summed E-state index contributed by atoms with van der Waals surface area (Å²) < 4.78 is 0. The molecule has 2 aromatic rings. The molecular formula is C16H20N2O2S. The van der Waals surface area contributed by atoms with Crippen molar-refractivity contribution < 1.29 is 9.90 Å². The zero-order chi connectivity index (χ0) is 15.4. The van der Waals surface area contributed by atoms with Crippen LogP contribution in [0.5, 0.6) is 0 Å². The summed E-state index contributed by atoms with van der Waals surface area (Å²) in [6.45, 7) is 8.04. The highest BCUT2D eigenvalue weighted by Gasteiger charge is 2.21. The van der Waals surface area contributed by atoms with Gasteiger partial charge in [0.1, 0.15) is 4.88 Å². The number of rotatable bonds is 6. The van der Waals surface area contributed by atoms with E-state index in [4.69, 9.17) is 0 Å². The summed E-state index contributed by atoms with van der Waals surface area (Å²) in [6, 6.07) is 9.49. The molecule has 0 saturated carbocycles. The Kier molecular flexibility index (Phi) is 4.96. The Morgan fingerprint density at radius 2 is 2.00 bits per heavy atom. The van der Waals surface area contributed by atoms with Crippen LogP contribution in [0.15, 0.2) is 30.3 Å². The molecule has 0 atom stereocenters. The SMILES string of the molecule is CCN(CC(C)C)c1nc(-c2ccccc2)c(C(=O)O)s1. The lowest BCUT2D eigenvalue weighted by Gasteiger charge is -2.21. The van der Waals surface area contributed by atoms with E-state index in [-0.39, 0.29) is 0 Å². The van der Waals surface area contributed by atoms with E-state index in [9.17, 15) is 9.90 Å². The maximum atomic E-state index is 11.5. The first-order valence-corrected chi connectivity index (χ1v) is 7.89. The standard InChI is InChI=1S/C16H20N2O2S/c1-4-18(10-11(2)3)16-17-13(14(21-16)15(19)20)12-8-6-5-7-9-12/h5-9,11H,4,10H2,1-3H3,(H,19,20). The molecule has 5 heteroatoms. The average molecular weight is 304 g/mol. The maximum Gasteiger partial charge on any atom is 0.348 e. The summed E-state index contributed by atoms with van der Waals surface area (Å²) in [4.78, 5) is 18.5. The average Bonchev–Trinajstić information content (AvgIpc) is 2.90. The van der Waals surface area contributed by atoms with Crippen molar-refractivity contribution in [3.05, 3.63) is 35.2 Å². The third-order valence-electron chi connectivity index (χ3n) is 3.10. The van der Waals surface area contributed by atoms with Crippen molar-refractivity contribution in [1.29, 1.82) is 0 Å². The molecule has 1 N–H and O–H groups in total. The van der Waals surface area contributed by atoms with Gasteiger partial charge in [0.15, 0.2) is 5.13 Å². The zero-order valence-corrected chi connectivity index (χ0v) is 13.4. The molecule has 0 aliphatic heterocycles. The van der Waals surface area contributed by atoms with Crippen molar-refractivity contribution in [1.82, 2.24) is 4.98 Å². The summed E-state index contributed by atoms with van der Waals surface area (Å²) in [5.74, 6) is -0.416. The Bertz CT molecular complexity index is 608. The minimum absolute atomic E-state index is 0.304. The highest BCUT2D eigenvalue weighted by atomic mass is 32.1. The van der Waals surface area contributed by atoms with Gasteiger partial charge in [0, 0.05) is 18.7 Å². The predicted octanol–water partition coefficient (Wildman–Crippen LogP) is 3.99. The Labute approximate surface area is 129 Å². The van der Waals surface area contributed by atoms with Crippen molar-refractivity contribution >= 4 is 22.4 Å². The van der Waals surface area contributed by atoms with Gasteiger partial charge in [-0.25, -0.2) is 9.78 Å². The third-order valence-corrected chi connectivity index (χ3v) is 4.20. The van der Waals surface area contributed by atoms with Crippen LogP contribution in [0.1, 0.15) is 30.4 Å². The van der Waals surface area contributed by atoms with Crippen molar-refractivity contribution in [2.45, 2.75) is 20.8 Å². The van der Waals surface area contributed by atoms with Crippen LogP contribution in [-0.4, -0.2) is 29.1 Å². The number of benzene rings is 1. The molecule has 0 spiro atoms. The summed E-state index contributed by atoms with van der Waals surface area (Å²) in [7, 11) is 0. The molecule has 0 saturated heterocycles. The molecule has 4 nitrogen and oxygen atoms in total. The van der Waals surface area contributed by atoms with E-state index < -0.39 is 5.97 Å². The number of anilines is 1. The number of carboxylic acid groups (broad SMARTS) is 1. The Morgan fingerprint density at radius 1 is 1.33 bits per heavy atom. The van der Waals surface area contributed by atoms with Crippen LogP contribution in [0, 0.1) is 5.92 Å². The number of aromatic nitrogens is 1. The maximum absolute atomic E-state index is 11.5. The molecule has 21 heavy (non-hydrogen) atoms. The number of hydrogen-bond acceptors (Lipinski definition) is 4. The molecule has 1 aromatic carbocycles. The normalized spacial score (nSPS) is 10.9. The zero-order valence-electron chi connectivity index (χ0n) is 12.5. The molecule has 112 valence electrons. The molecule has 0 fully saturated rings. The van der Waals surface area contributed by atoms with E-state index in [2.05, 4.69) is 30.7 Å². The highest BCUT2D eigenvalue weighted by Crippen LogP contribution is 2.33. The van der Waals surface area contributed by atoms with Gasteiger partial charge >= 0.3 is 5.97 Å². The second kappa shape index (κ2) is 6.72. The van der Waals surface area contributed by atoms with E-state index in [1.54, 1.807) is 0 Å². The van der Waals surface area contributed by atoms with Crippen molar-refractivity contribution in [2.24, 2.45) is 5.92 Å². The van der Waals surface area contributed by atoms with Crippen LogP contribution < -0.4 is 4.90 Å². The smallest absolute Gasteiger partial charge is 0.348 e. The molecule has 1 heterocycles.